The highest BCUT2D eigenvalue weighted by atomic mass is 32.2. The van der Waals surface area contributed by atoms with Gasteiger partial charge in [0.25, 0.3) is 5.91 Å². The Labute approximate surface area is 144 Å². The van der Waals surface area contributed by atoms with Crippen LogP contribution in [-0.4, -0.2) is 58.4 Å². The highest BCUT2D eigenvalue weighted by molar-refractivity contribution is 7.89. The highest BCUT2D eigenvalue weighted by Crippen LogP contribution is 2.20. The van der Waals surface area contributed by atoms with Crippen molar-refractivity contribution in [3.05, 3.63) is 29.3 Å². The van der Waals surface area contributed by atoms with Gasteiger partial charge in [0.1, 0.15) is 0 Å². The zero-order chi connectivity index (χ0) is 17.9. The second-order valence-corrected chi connectivity index (χ2v) is 8.88. The predicted octanol–water partition coefficient (Wildman–Crippen LogP) is -0.100. The fourth-order valence-electron chi connectivity index (χ4n) is 2.66. The Morgan fingerprint density at radius 2 is 1.92 bits per heavy atom. The number of carbonyl (C=O) groups excluding carboxylic acids is 1. The molecular formula is C17H28N3O3S+. The van der Waals surface area contributed by atoms with Crippen molar-refractivity contribution < 1.29 is 18.1 Å². The molecule has 1 heterocycles. The molecule has 0 unspecified atom stereocenters. The zero-order valence-corrected chi connectivity index (χ0v) is 15.7. The molecule has 7 heteroatoms. The molecule has 0 bridgehead atoms. The summed E-state index contributed by atoms with van der Waals surface area (Å²) in [6.07, 6.45) is 0. The smallest absolute Gasteiger partial charge is 0.251 e. The van der Waals surface area contributed by atoms with Gasteiger partial charge in [-0.25, -0.2) is 8.42 Å². The maximum absolute atomic E-state index is 12.8. The van der Waals surface area contributed by atoms with Gasteiger partial charge in [0.05, 0.1) is 38.1 Å². The molecule has 2 rings (SSSR count). The lowest BCUT2D eigenvalue weighted by atomic mass is 10.1. The summed E-state index contributed by atoms with van der Waals surface area (Å²) >= 11 is 0. The normalized spacial score (nSPS) is 17.2. The molecule has 1 aromatic carbocycles. The number of benzene rings is 1. The monoisotopic (exact) mass is 354 g/mol. The number of sulfonamides is 1. The SMILES string of the molecule is Cc1ccc(S(=O)(=O)N2CC[NH+](C)CC2)cc1C(=O)NCC(C)C. The standard InChI is InChI=1S/C17H27N3O3S/c1-13(2)12-18-17(21)16-11-15(6-5-14(16)3)24(22,23)20-9-7-19(4)8-10-20/h5-6,11,13H,7-10,12H2,1-4H3,(H,18,21)/p+1. The van der Waals surface area contributed by atoms with E-state index in [1.54, 1.807) is 12.1 Å². The number of carbonyl (C=O) groups is 1. The van der Waals surface area contributed by atoms with Gasteiger partial charge in [0.15, 0.2) is 0 Å². The predicted molar refractivity (Wildman–Crippen MR) is 93.7 cm³/mol. The Morgan fingerprint density at radius 1 is 1.29 bits per heavy atom. The Kier molecular flexibility index (Phi) is 6.01. The van der Waals surface area contributed by atoms with E-state index in [2.05, 4.69) is 12.4 Å². The molecule has 1 aromatic rings. The van der Waals surface area contributed by atoms with Crippen molar-refractivity contribution in [3.63, 3.8) is 0 Å². The van der Waals surface area contributed by atoms with Gasteiger partial charge >= 0.3 is 0 Å². The number of piperazine rings is 1. The van der Waals surface area contributed by atoms with Crippen molar-refractivity contribution in [3.8, 4) is 0 Å². The summed E-state index contributed by atoms with van der Waals surface area (Å²) in [5, 5.41) is 2.85. The summed E-state index contributed by atoms with van der Waals surface area (Å²) in [5.74, 6) is 0.120. The van der Waals surface area contributed by atoms with Crippen molar-refractivity contribution in [1.29, 1.82) is 0 Å². The molecule has 134 valence electrons. The molecule has 0 aromatic heterocycles. The van der Waals surface area contributed by atoms with Gasteiger partial charge in [-0.15, -0.1) is 0 Å². The molecule has 0 atom stereocenters. The highest BCUT2D eigenvalue weighted by Gasteiger charge is 2.29. The minimum atomic E-state index is -3.55. The number of hydrogen-bond donors (Lipinski definition) is 2. The molecule has 24 heavy (non-hydrogen) atoms. The lowest BCUT2D eigenvalue weighted by Crippen LogP contribution is -3.12. The van der Waals surface area contributed by atoms with Crippen molar-refractivity contribution in [2.45, 2.75) is 25.7 Å². The number of quaternary nitrogens is 1. The van der Waals surface area contributed by atoms with Crippen molar-refractivity contribution >= 4 is 15.9 Å². The van der Waals surface area contributed by atoms with Crippen molar-refractivity contribution in [2.75, 3.05) is 39.8 Å². The van der Waals surface area contributed by atoms with Crippen molar-refractivity contribution in [1.82, 2.24) is 9.62 Å². The second-order valence-electron chi connectivity index (χ2n) is 6.94. The summed E-state index contributed by atoms with van der Waals surface area (Å²) in [5.41, 5.74) is 1.20. The van der Waals surface area contributed by atoms with Crippen LogP contribution in [0.5, 0.6) is 0 Å². The Bertz CT molecular complexity index is 693. The Morgan fingerprint density at radius 3 is 2.50 bits per heavy atom. The van der Waals surface area contributed by atoms with Crippen molar-refractivity contribution in [2.24, 2.45) is 5.92 Å². The largest absolute Gasteiger partial charge is 0.352 e. The van der Waals surface area contributed by atoms with E-state index in [1.165, 1.54) is 15.3 Å². The van der Waals surface area contributed by atoms with Crippen LogP contribution in [0.3, 0.4) is 0 Å². The summed E-state index contributed by atoms with van der Waals surface area (Å²) < 4.78 is 27.2. The van der Waals surface area contributed by atoms with Crippen LogP contribution in [-0.2, 0) is 10.0 Å². The van der Waals surface area contributed by atoms with Crippen LogP contribution in [0.1, 0.15) is 29.8 Å². The number of nitrogens with one attached hydrogen (secondary N) is 2. The average molecular weight is 354 g/mol. The Hall–Kier alpha value is -1.44. The molecule has 0 saturated carbocycles. The molecule has 0 radical (unpaired) electrons. The third-order valence-corrected chi connectivity index (χ3v) is 6.23. The first-order chi connectivity index (χ1) is 11.2. The number of nitrogens with zero attached hydrogens (tertiary/aromatic N) is 1. The van der Waals surface area contributed by atoms with E-state index in [0.29, 0.717) is 31.1 Å². The molecule has 0 aliphatic carbocycles. The van der Waals surface area contributed by atoms with Gasteiger partial charge in [0.2, 0.25) is 10.0 Å². The fraction of sp³-hybridized carbons (Fsp3) is 0.588. The Balaban J connectivity index is 2.25. The fourth-order valence-corrected chi connectivity index (χ4v) is 4.12. The van der Waals surface area contributed by atoms with E-state index in [0.717, 1.165) is 18.7 Å². The second kappa shape index (κ2) is 7.63. The van der Waals surface area contributed by atoms with Crippen LogP contribution in [0.4, 0.5) is 0 Å². The van der Waals surface area contributed by atoms with Gasteiger partial charge in [0, 0.05) is 12.1 Å². The van der Waals surface area contributed by atoms with E-state index in [1.807, 2.05) is 20.8 Å². The molecule has 1 aliphatic rings. The maximum Gasteiger partial charge on any atom is 0.251 e. The lowest BCUT2D eigenvalue weighted by Gasteiger charge is -2.29. The number of hydrogen-bond acceptors (Lipinski definition) is 3. The lowest BCUT2D eigenvalue weighted by molar-refractivity contribution is -0.883. The van der Waals surface area contributed by atoms with Gasteiger partial charge in [-0.3, -0.25) is 4.79 Å². The van der Waals surface area contributed by atoms with E-state index < -0.39 is 10.0 Å². The first-order valence-electron chi connectivity index (χ1n) is 8.42. The summed E-state index contributed by atoms with van der Waals surface area (Å²) in [6.45, 7) is 9.04. The topological polar surface area (TPSA) is 70.9 Å². The van der Waals surface area contributed by atoms with Crippen LogP contribution in [0.2, 0.25) is 0 Å². The summed E-state index contributed by atoms with van der Waals surface area (Å²) in [6, 6.07) is 4.80. The minimum Gasteiger partial charge on any atom is -0.352 e. The molecule has 2 N–H and O–H groups in total. The average Bonchev–Trinajstić information content (AvgIpc) is 2.53. The van der Waals surface area contributed by atoms with Gasteiger partial charge in [-0.1, -0.05) is 19.9 Å². The van der Waals surface area contributed by atoms with Crippen LogP contribution in [0.15, 0.2) is 23.1 Å². The van der Waals surface area contributed by atoms with Crippen LogP contribution in [0.25, 0.3) is 0 Å². The first-order valence-corrected chi connectivity index (χ1v) is 9.86. The van der Waals surface area contributed by atoms with E-state index in [-0.39, 0.29) is 10.8 Å². The van der Waals surface area contributed by atoms with E-state index in [4.69, 9.17) is 0 Å². The first kappa shape index (κ1) is 18.9. The zero-order valence-electron chi connectivity index (χ0n) is 14.9. The van der Waals surface area contributed by atoms with E-state index >= 15 is 0 Å². The molecule has 6 nitrogen and oxygen atoms in total. The molecule has 1 fully saturated rings. The number of amides is 1. The molecule has 1 aliphatic heterocycles. The third-order valence-electron chi connectivity index (χ3n) is 4.34. The number of likely N-dealkylation sites (N-methyl/N-ethyl adjacent to an activating group) is 1. The van der Waals surface area contributed by atoms with Crippen LogP contribution >= 0.6 is 0 Å². The third kappa shape index (κ3) is 4.34. The molecule has 1 amide bonds. The maximum atomic E-state index is 12.8. The van der Waals surface area contributed by atoms with Gasteiger partial charge < -0.3 is 10.2 Å². The van der Waals surface area contributed by atoms with Crippen LogP contribution < -0.4 is 10.2 Å². The van der Waals surface area contributed by atoms with E-state index in [9.17, 15) is 13.2 Å². The number of rotatable bonds is 5. The quantitative estimate of drug-likeness (QED) is 0.776. The minimum absolute atomic E-state index is 0.197. The molecule has 1 saturated heterocycles. The van der Waals surface area contributed by atoms with Crippen LogP contribution in [0, 0.1) is 12.8 Å². The number of aryl methyl sites for hydroxylation is 1. The molecule has 0 spiro atoms. The summed E-state index contributed by atoms with van der Waals surface area (Å²) in [4.78, 5) is 13.9. The molecular weight excluding hydrogens is 326 g/mol. The van der Waals surface area contributed by atoms with Gasteiger partial charge in [-0.05, 0) is 30.5 Å². The summed E-state index contributed by atoms with van der Waals surface area (Å²) in [7, 11) is -1.49. The van der Waals surface area contributed by atoms with Gasteiger partial charge in [-0.2, -0.15) is 4.31 Å².